The third kappa shape index (κ3) is 2.97. The van der Waals surface area contributed by atoms with E-state index in [1.807, 2.05) is 0 Å². The van der Waals surface area contributed by atoms with E-state index in [2.05, 4.69) is 20.4 Å². The van der Waals surface area contributed by atoms with Gasteiger partial charge in [0, 0.05) is 17.8 Å². The summed E-state index contributed by atoms with van der Waals surface area (Å²) in [5.41, 5.74) is 2.15. The van der Waals surface area contributed by atoms with Gasteiger partial charge in [0.15, 0.2) is 5.82 Å². The number of halogens is 3. The van der Waals surface area contributed by atoms with Crippen LogP contribution in [0, 0.1) is 0 Å². The van der Waals surface area contributed by atoms with Crippen LogP contribution < -0.4 is 5.32 Å². The Balaban J connectivity index is 1.80. The van der Waals surface area contributed by atoms with E-state index in [0.29, 0.717) is 56.6 Å². The summed E-state index contributed by atoms with van der Waals surface area (Å²) >= 11 is 18.4. The molecule has 0 aliphatic carbocycles. The maximum absolute atomic E-state index is 11.9. The Morgan fingerprint density at radius 3 is 2.56 bits per heavy atom. The monoisotopic (exact) mass is 393 g/mol. The van der Waals surface area contributed by atoms with E-state index in [9.17, 15) is 4.79 Å². The van der Waals surface area contributed by atoms with Crippen LogP contribution in [0.3, 0.4) is 0 Å². The maximum atomic E-state index is 11.9. The molecule has 1 amide bonds. The Labute approximate surface area is 157 Å². The summed E-state index contributed by atoms with van der Waals surface area (Å²) in [7, 11) is 0. The van der Waals surface area contributed by atoms with E-state index >= 15 is 0 Å². The summed E-state index contributed by atoms with van der Waals surface area (Å²) in [5.74, 6) is 0.211. The minimum atomic E-state index is -0.150. The largest absolute Gasteiger partial charge is 0.349 e. The zero-order valence-electron chi connectivity index (χ0n) is 12.6. The first-order chi connectivity index (χ1) is 12.0. The number of nitrogens with one attached hydrogen (secondary N) is 1. The second-order valence-corrected chi connectivity index (χ2v) is 6.65. The molecule has 6 nitrogen and oxygen atoms in total. The molecule has 0 radical (unpaired) electrons. The highest BCUT2D eigenvalue weighted by molar-refractivity contribution is 6.41. The summed E-state index contributed by atoms with van der Waals surface area (Å²) in [5, 5.41) is 8.38. The van der Waals surface area contributed by atoms with Crippen LogP contribution >= 0.6 is 34.8 Å². The van der Waals surface area contributed by atoms with E-state index in [-0.39, 0.29) is 5.91 Å². The Bertz CT molecular complexity index is 978. The van der Waals surface area contributed by atoms with Gasteiger partial charge in [0.2, 0.25) is 0 Å². The molecule has 1 N–H and O–H groups in total. The molecule has 9 heteroatoms. The fourth-order valence-electron chi connectivity index (χ4n) is 2.64. The predicted molar refractivity (Wildman–Crippen MR) is 96.1 cm³/mol. The van der Waals surface area contributed by atoms with E-state index in [1.165, 1.54) is 0 Å². The van der Waals surface area contributed by atoms with Gasteiger partial charge in [-0.1, -0.05) is 34.8 Å². The Kier molecular flexibility index (Phi) is 4.11. The van der Waals surface area contributed by atoms with Crippen molar-refractivity contribution in [3.05, 3.63) is 51.2 Å². The number of rotatable bonds is 2. The van der Waals surface area contributed by atoms with Gasteiger partial charge in [-0.2, -0.15) is 5.10 Å². The van der Waals surface area contributed by atoms with Gasteiger partial charge in [-0.3, -0.25) is 9.48 Å². The number of benzene rings is 1. The lowest BCUT2D eigenvalue weighted by Gasteiger charge is -2.13. The number of carbonyl (C=O) groups is 1. The average Bonchev–Trinajstić information content (AvgIpc) is 3.00. The topological polar surface area (TPSA) is 72.7 Å². The molecule has 1 aliphatic rings. The first-order valence-corrected chi connectivity index (χ1v) is 8.51. The van der Waals surface area contributed by atoms with Crippen LogP contribution in [-0.4, -0.2) is 32.2 Å². The Morgan fingerprint density at radius 2 is 1.84 bits per heavy atom. The van der Waals surface area contributed by atoms with Crippen LogP contribution in [0.25, 0.3) is 22.8 Å². The molecule has 0 atom stereocenters. The molecule has 0 fully saturated rings. The van der Waals surface area contributed by atoms with Crippen LogP contribution in [0.2, 0.25) is 15.1 Å². The predicted octanol–water partition coefficient (Wildman–Crippen LogP) is 3.71. The van der Waals surface area contributed by atoms with Crippen molar-refractivity contribution in [2.24, 2.45) is 0 Å². The van der Waals surface area contributed by atoms with Crippen LogP contribution in [0.15, 0.2) is 30.5 Å². The van der Waals surface area contributed by atoms with Crippen molar-refractivity contribution in [3.63, 3.8) is 0 Å². The third-order valence-corrected chi connectivity index (χ3v) is 4.58. The third-order valence-electron chi connectivity index (χ3n) is 3.77. The zero-order valence-corrected chi connectivity index (χ0v) is 14.9. The molecule has 0 bridgehead atoms. The summed E-state index contributed by atoms with van der Waals surface area (Å²) in [6.45, 7) is 1.17. The number of fused-ring (bicyclic) bond motifs is 1. The van der Waals surface area contributed by atoms with Crippen molar-refractivity contribution in [1.29, 1.82) is 0 Å². The van der Waals surface area contributed by atoms with Crippen LogP contribution in [-0.2, 0) is 6.54 Å². The number of amides is 1. The number of hydrogen-bond acceptors (Lipinski definition) is 4. The Morgan fingerprint density at radius 1 is 1.08 bits per heavy atom. The average molecular weight is 395 g/mol. The molecule has 0 saturated heterocycles. The fraction of sp³-hybridized carbons (Fsp3) is 0.125. The maximum Gasteiger partial charge on any atom is 0.269 e. The lowest BCUT2D eigenvalue weighted by molar-refractivity contribution is 0.0924. The summed E-state index contributed by atoms with van der Waals surface area (Å²) in [6, 6.07) is 6.58. The highest BCUT2D eigenvalue weighted by Crippen LogP contribution is 2.36. The van der Waals surface area contributed by atoms with Crippen molar-refractivity contribution in [2.75, 3.05) is 6.54 Å². The second-order valence-electron chi connectivity index (χ2n) is 5.40. The van der Waals surface area contributed by atoms with E-state index in [1.54, 1.807) is 35.1 Å². The molecule has 2 aromatic heterocycles. The SMILES string of the molecule is O=C1NCCn2nc(-c3ccnc(-c4c(Cl)cc(Cl)cc4Cl)n3)cc21. The van der Waals surface area contributed by atoms with Gasteiger partial charge in [-0.25, -0.2) is 9.97 Å². The summed E-state index contributed by atoms with van der Waals surface area (Å²) in [4.78, 5) is 20.6. The first-order valence-electron chi connectivity index (χ1n) is 7.37. The number of hydrogen-bond donors (Lipinski definition) is 1. The smallest absolute Gasteiger partial charge is 0.269 e. The van der Waals surface area contributed by atoms with Crippen LogP contribution in [0.5, 0.6) is 0 Å². The van der Waals surface area contributed by atoms with Gasteiger partial charge in [-0.15, -0.1) is 0 Å². The summed E-state index contributed by atoms with van der Waals surface area (Å²) < 4.78 is 1.66. The van der Waals surface area contributed by atoms with Gasteiger partial charge in [0.05, 0.1) is 27.8 Å². The van der Waals surface area contributed by atoms with Crippen molar-refractivity contribution < 1.29 is 4.79 Å². The number of aromatic nitrogens is 4. The van der Waals surface area contributed by atoms with Gasteiger partial charge < -0.3 is 5.32 Å². The minimum Gasteiger partial charge on any atom is -0.349 e. The molecule has 1 aromatic carbocycles. The first kappa shape index (κ1) is 16.3. The molecule has 0 spiro atoms. The van der Waals surface area contributed by atoms with E-state index < -0.39 is 0 Å². The molecule has 1 aliphatic heterocycles. The minimum absolute atomic E-state index is 0.150. The molecule has 0 saturated carbocycles. The van der Waals surface area contributed by atoms with Gasteiger partial charge in [-0.05, 0) is 24.3 Å². The quantitative estimate of drug-likeness (QED) is 0.719. The lowest BCUT2D eigenvalue weighted by atomic mass is 10.2. The standard InChI is InChI=1S/C16H10Cl3N5O/c17-8-5-9(18)14(10(19)6-8)15-20-2-1-11(22-15)12-7-13-16(25)21-3-4-24(13)23-12/h1-2,5-7H,3-4H2,(H,21,25). The highest BCUT2D eigenvalue weighted by atomic mass is 35.5. The van der Waals surface area contributed by atoms with E-state index in [0.717, 1.165) is 0 Å². The molecule has 25 heavy (non-hydrogen) atoms. The van der Waals surface area contributed by atoms with Crippen LogP contribution in [0.4, 0.5) is 0 Å². The normalized spacial score (nSPS) is 13.5. The summed E-state index contributed by atoms with van der Waals surface area (Å²) in [6.07, 6.45) is 1.59. The van der Waals surface area contributed by atoms with Gasteiger partial charge >= 0.3 is 0 Å². The molecular weight excluding hydrogens is 385 g/mol. The zero-order chi connectivity index (χ0) is 17.6. The molecule has 4 rings (SSSR count). The fourth-order valence-corrected chi connectivity index (χ4v) is 3.62. The molecule has 3 heterocycles. The van der Waals surface area contributed by atoms with Crippen molar-refractivity contribution >= 4 is 40.7 Å². The van der Waals surface area contributed by atoms with Crippen molar-refractivity contribution in [1.82, 2.24) is 25.1 Å². The van der Waals surface area contributed by atoms with Crippen molar-refractivity contribution in [3.8, 4) is 22.8 Å². The molecule has 3 aromatic rings. The number of nitrogens with zero attached hydrogens (tertiary/aromatic N) is 4. The van der Waals surface area contributed by atoms with Gasteiger partial charge in [0.25, 0.3) is 5.91 Å². The second kappa shape index (κ2) is 6.29. The van der Waals surface area contributed by atoms with E-state index in [4.69, 9.17) is 34.8 Å². The van der Waals surface area contributed by atoms with Gasteiger partial charge in [0.1, 0.15) is 11.4 Å². The molecule has 0 unspecified atom stereocenters. The number of carbonyl (C=O) groups excluding carboxylic acids is 1. The highest BCUT2D eigenvalue weighted by Gasteiger charge is 2.21. The lowest BCUT2D eigenvalue weighted by Crippen LogP contribution is -2.35. The van der Waals surface area contributed by atoms with Crippen molar-refractivity contribution in [2.45, 2.75) is 6.54 Å². The molecular formula is C16H10Cl3N5O. The Hall–Kier alpha value is -2.15. The molecule has 126 valence electrons. The van der Waals surface area contributed by atoms with Crippen LogP contribution in [0.1, 0.15) is 10.5 Å².